The number of halogens is 1. The molecule has 2 heterocycles. The fourth-order valence-corrected chi connectivity index (χ4v) is 2.85. The third-order valence-corrected chi connectivity index (χ3v) is 3.92. The lowest BCUT2D eigenvalue weighted by molar-refractivity contribution is -0.128. The van der Waals surface area contributed by atoms with E-state index in [1.807, 2.05) is 35.2 Å². The van der Waals surface area contributed by atoms with E-state index in [2.05, 4.69) is 0 Å². The number of carbonyl (C=O) groups excluding carboxylic acids is 1. The standard InChI is InChI=1S/C17H17FN2O2/c18-15-6-7-19(17(22)9-15)11-14-8-16(21)20(12-14)10-13-4-2-1-3-5-13/h1-7,9,14H,8,10-12H2/t14-/m1/s1. The second-order valence-electron chi connectivity index (χ2n) is 5.67. The van der Waals surface area contributed by atoms with Gasteiger partial charge in [-0.15, -0.1) is 0 Å². The smallest absolute Gasteiger partial charge is 0.253 e. The Labute approximate surface area is 127 Å². The molecule has 3 rings (SSSR count). The van der Waals surface area contributed by atoms with Crippen LogP contribution in [0.25, 0.3) is 0 Å². The molecule has 0 aliphatic carbocycles. The van der Waals surface area contributed by atoms with E-state index >= 15 is 0 Å². The van der Waals surface area contributed by atoms with Crippen molar-refractivity contribution in [2.45, 2.75) is 19.5 Å². The Morgan fingerprint density at radius 3 is 2.64 bits per heavy atom. The molecule has 5 heteroatoms. The number of hydrogen-bond acceptors (Lipinski definition) is 2. The zero-order valence-corrected chi connectivity index (χ0v) is 12.1. The number of rotatable bonds is 4. The summed E-state index contributed by atoms with van der Waals surface area (Å²) in [7, 11) is 0. The Kier molecular flexibility index (Phi) is 4.04. The number of likely N-dealkylation sites (tertiary alicyclic amines) is 1. The van der Waals surface area contributed by atoms with Gasteiger partial charge in [-0.05, 0) is 11.6 Å². The van der Waals surface area contributed by atoms with Crippen LogP contribution in [-0.2, 0) is 17.9 Å². The Hall–Kier alpha value is -2.43. The SMILES string of the molecule is O=C1C[C@H](Cn2ccc(F)cc2=O)CN1Cc1ccccc1. The van der Waals surface area contributed by atoms with Crippen molar-refractivity contribution in [2.24, 2.45) is 5.92 Å². The molecule has 0 saturated carbocycles. The third kappa shape index (κ3) is 3.24. The summed E-state index contributed by atoms with van der Waals surface area (Å²) in [5.41, 5.74) is 0.726. The minimum Gasteiger partial charge on any atom is -0.338 e. The molecule has 1 aromatic heterocycles. The van der Waals surface area contributed by atoms with Crippen LogP contribution in [-0.4, -0.2) is 21.9 Å². The summed E-state index contributed by atoms with van der Waals surface area (Å²) in [4.78, 5) is 25.6. The molecule has 1 atom stereocenters. The quantitative estimate of drug-likeness (QED) is 0.867. The first-order valence-corrected chi connectivity index (χ1v) is 7.29. The third-order valence-electron chi connectivity index (χ3n) is 3.92. The van der Waals surface area contributed by atoms with E-state index in [4.69, 9.17) is 0 Å². The molecule has 2 aromatic rings. The maximum atomic E-state index is 13.0. The van der Waals surface area contributed by atoms with Gasteiger partial charge in [-0.3, -0.25) is 9.59 Å². The summed E-state index contributed by atoms with van der Waals surface area (Å²) in [6.07, 6.45) is 1.87. The maximum Gasteiger partial charge on any atom is 0.253 e. The average Bonchev–Trinajstić information content (AvgIpc) is 2.83. The number of benzene rings is 1. The van der Waals surface area contributed by atoms with Gasteiger partial charge in [-0.25, -0.2) is 4.39 Å². The molecule has 1 aliphatic rings. The molecule has 1 aliphatic heterocycles. The second-order valence-corrected chi connectivity index (χ2v) is 5.67. The van der Waals surface area contributed by atoms with E-state index in [-0.39, 0.29) is 17.4 Å². The highest BCUT2D eigenvalue weighted by atomic mass is 19.1. The predicted octanol–water partition coefficient (Wildman–Crippen LogP) is 2.04. The van der Waals surface area contributed by atoms with Crippen LogP contribution in [0.1, 0.15) is 12.0 Å². The minimum atomic E-state index is -0.533. The summed E-state index contributed by atoms with van der Waals surface area (Å²) < 4.78 is 14.4. The lowest BCUT2D eigenvalue weighted by Gasteiger charge is -2.17. The van der Waals surface area contributed by atoms with Gasteiger partial charge in [0.05, 0.1) is 0 Å². The Balaban J connectivity index is 1.65. The summed E-state index contributed by atoms with van der Waals surface area (Å²) in [6.45, 7) is 1.65. The van der Waals surface area contributed by atoms with E-state index in [0.717, 1.165) is 11.6 Å². The van der Waals surface area contributed by atoms with Crippen LogP contribution in [0.3, 0.4) is 0 Å². The van der Waals surface area contributed by atoms with Crippen molar-refractivity contribution in [1.82, 2.24) is 9.47 Å². The molecule has 22 heavy (non-hydrogen) atoms. The number of nitrogens with zero attached hydrogens (tertiary/aromatic N) is 2. The first-order valence-electron chi connectivity index (χ1n) is 7.29. The summed E-state index contributed by atoms with van der Waals surface area (Å²) in [5.74, 6) is -0.349. The largest absolute Gasteiger partial charge is 0.338 e. The highest BCUT2D eigenvalue weighted by Gasteiger charge is 2.29. The van der Waals surface area contributed by atoms with E-state index in [1.165, 1.54) is 16.8 Å². The highest BCUT2D eigenvalue weighted by Crippen LogP contribution is 2.21. The molecule has 0 N–H and O–H groups in total. The number of amides is 1. The van der Waals surface area contributed by atoms with Gasteiger partial charge < -0.3 is 9.47 Å². The van der Waals surface area contributed by atoms with Crippen LogP contribution in [0.2, 0.25) is 0 Å². The van der Waals surface area contributed by atoms with E-state index < -0.39 is 5.82 Å². The normalized spacial score (nSPS) is 18.0. The molecule has 1 saturated heterocycles. The maximum absolute atomic E-state index is 13.0. The van der Waals surface area contributed by atoms with Crippen LogP contribution in [0.15, 0.2) is 53.5 Å². The van der Waals surface area contributed by atoms with Crippen LogP contribution in [0.5, 0.6) is 0 Å². The van der Waals surface area contributed by atoms with Gasteiger partial charge in [0.1, 0.15) is 5.82 Å². The summed E-state index contributed by atoms with van der Waals surface area (Å²) >= 11 is 0. The molecule has 4 nitrogen and oxygen atoms in total. The van der Waals surface area contributed by atoms with Crippen LogP contribution in [0, 0.1) is 11.7 Å². The molecule has 0 radical (unpaired) electrons. The molecular formula is C17H17FN2O2. The summed E-state index contributed by atoms with van der Waals surface area (Å²) in [5, 5.41) is 0. The Bertz CT molecular complexity index is 727. The lowest BCUT2D eigenvalue weighted by Crippen LogP contribution is -2.27. The van der Waals surface area contributed by atoms with Crippen LogP contribution in [0.4, 0.5) is 4.39 Å². The first kappa shape index (κ1) is 14.5. The molecule has 0 bridgehead atoms. The number of aromatic nitrogens is 1. The van der Waals surface area contributed by atoms with E-state index in [9.17, 15) is 14.0 Å². The van der Waals surface area contributed by atoms with Crippen molar-refractivity contribution in [3.63, 3.8) is 0 Å². The minimum absolute atomic E-state index is 0.0828. The van der Waals surface area contributed by atoms with Gasteiger partial charge in [-0.1, -0.05) is 30.3 Å². The molecule has 1 amide bonds. The monoisotopic (exact) mass is 300 g/mol. The number of pyridine rings is 1. The van der Waals surface area contributed by atoms with Gasteiger partial charge in [0.25, 0.3) is 5.56 Å². The van der Waals surface area contributed by atoms with Gasteiger partial charge in [0.2, 0.25) is 5.91 Å². The topological polar surface area (TPSA) is 42.3 Å². The van der Waals surface area contributed by atoms with E-state index in [1.54, 1.807) is 0 Å². The highest BCUT2D eigenvalue weighted by molar-refractivity contribution is 5.78. The summed E-state index contributed by atoms with van der Waals surface area (Å²) in [6, 6.07) is 12.1. The van der Waals surface area contributed by atoms with Crippen LogP contribution >= 0.6 is 0 Å². The van der Waals surface area contributed by atoms with Crippen molar-refractivity contribution in [3.05, 3.63) is 70.4 Å². The zero-order valence-electron chi connectivity index (χ0n) is 12.1. The average molecular weight is 300 g/mol. The van der Waals surface area contributed by atoms with Crippen LogP contribution < -0.4 is 5.56 Å². The van der Waals surface area contributed by atoms with Crippen molar-refractivity contribution >= 4 is 5.91 Å². The molecule has 0 spiro atoms. The Morgan fingerprint density at radius 1 is 1.14 bits per heavy atom. The van der Waals surface area contributed by atoms with Gasteiger partial charge in [0, 0.05) is 44.2 Å². The van der Waals surface area contributed by atoms with Crippen molar-refractivity contribution < 1.29 is 9.18 Å². The molecule has 1 aromatic carbocycles. The lowest BCUT2D eigenvalue weighted by atomic mass is 10.1. The van der Waals surface area contributed by atoms with E-state index in [0.29, 0.717) is 26.1 Å². The molecule has 1 fully saturated rings. The van der Waals surface area contributed by atoms with Crippen molar-refractivity contribution in [2.75, 3.05) is 6.54 Å². The van der Waals surface area contributed by atoms with Gasteiger partial charge >= 0.3 is 0 Å². The predicted molar refractivity (Wildman–Crippen MR) is 80.6 cm³/mol. The molecular weight excluding hydrogens is 283 g/mol. The Morgan fingerprint density at radius 2 is 1.91 bits per heavy atom. The second kappa shape index (κ2) is 6.13. The van der Waals surface area contributed by atoms with Crippen molar-refractivity contribution in [3.8, 4) is 0 Å². The van der Waals surface area contributed by atoms with Gasteiger partial charge in [-0.2, -0.15) is 0 Å². The zero-order chi connectivity index (χ0) is 15.5. The fourth-order valence-electron chi connectivity index (χ4n) is 2.85. The number of hydrogen-bond donors (Lipinski definition) is 0. The number of carbonyl (C=O) groups is 1. The van der Waals surface area contributed by atoms with Gasteiger partial charge in [0.15, 0.2) is 0 Å². The fraction of sp³-hybridized carbons (Fsp3) is 0.294. The first-order chi connectivity index (χ1) is 10.6. The molecule has 0 unspecified atom stereocenters. The molecule has 114 valence electrons. The van der Waals surface area contributed by atoms with Crippen molar-refractivity contribution in [1.29, 1.82) is 0 Å².